The second-order valence-electron chi connectivity index (χ2n) is 9.06. The quantitative estimate of drug-likeness (QED) is 0.191. The molecule has 9 heteroatoms. The smallest absolute Gasteiger partial charge is 0.341 e. The molecule has 0 saturated heterocycles. The van der Waals surface area contributed by atoms with Crippen LogP contribution in [0.3, 0.4) is 0 Å². The molecule has 0 aliphatic carbocycles. The van der Waals surface area contributed by atoms with Crippen molar-refractivity contribution in [2.45, 2.75) is 25.7 Å². The maximum absolute atomic E-state index is 13.5. The SMILES string of the molecule is N[C@@H](Cc1c[nH]cn1)C(=O)c1nc([C]=O)c(C(=O)OCc2ccccc2)c2ccc(OCc3ccccc3)cc12. The van der Waals surface area contributed by atoms with E-state index in [0.29, 0.717) is 22.2 Å². The maximum atomic E-state index is 13.5. The summed E-state index contributed by atoms with van der Waals surface area (Å²) in [7, 11) is 0. The van der Waals surface area contributed by atoms with Gasteiger partial charge in [-0.2, -0.15) is 0 Å². The van der Waals surface area contributed by atoms with E-state index >= 15 is 0 Å². The number of fused-ring (bicyclic) bond motifs is 1. The number of ketones is 1. The number of nitrogens with two attached hydrogens (primary N) is 1. The Labute approximate surface area is 230 Å². The molecule has 9 nitrogen and oxygen atoms in total. The zero-order chi connectivity index (χ0) is 27.9. The number of hydrogen-bond acceptors (Lipinski definition) is 8. The number of esters is 1. The summed E-state index contributed by atoms with van der Waals surface area (Å²) in [4.78, 5) is 50.0. The highest BCUT2D eigenvalue weighted by Crippen LogP contribution is 2.30. The van der Waals surface area contributed by atoms with Gasteiger partial charge in [-0.25, -0.2) is 14.8 Å². The van der Waals surface area contributed by atoms with Crippen molar-refractivity contribution in [2.24, 2.45) is 5.73 Å². The molecule has 0 aliphatic heterocycles. The minimum Gasteiger partial charge on any atom is -0.489 e. The first-order valence-corrected chi connectivity index (χ1v) is 12.5. The Hall–Kier alpha value is -5.15. The fourth-order valence-electron chi connectivity index (χ4n) is 4.28. The summed E-state index contributed by atoms with van der Waals surface area (Å²) in [5.41, 5.74) is 8.07. The second kappa shape index (κ2) is 12.1. The largest absolute Gasteiger partial charge is 0.489 e. The topological polar surface area (TPSA) is 137 Å². The number of ether oxygens (including phenoxy) is 2. The Morgan fingerprint density at radius 1 is 0.925 bits per heavy atom. The number of rotatable bonds is 11. The van der Waals surface area contributed by atoms with Crippen molar-refractivity contribution in [2.75, 3.05) is 0 Å². The average molecular weight is 534 g/mol. The lowest BCUT2D eigenvalue weighted by Crippen LogP contribution is -2.34. The van der Waals surface area contributed by atoms with Crippen LogP contribution in [-0.2, 0) is 29.2 Å². The number of aromatic nitrogens is 3. The molecule has 0 amide bonds. The predicted molar refractivity (Wildman–Crippen MR) is 147 cm³/mol. The van der Waals surface area contributed by atoms with Crippen LogP contribution in [0.5, 0.6) is 5.75 Å². The van der Waals surface area contributed by atoms with Crippen molar-refractivity contribution in [3.8, 4) is 5.75 Å². The summed E-state index contributed by atoms with van der Waals surface area (Å²) < 4.78 is 11.5. The van der Waals surface area contributed by atoms with Crippen molar-refractivity contribution >= 4 is 28.8 Å². The van der Waals surface area contributed by atoms with Gasteiger partial charge in [-0.1, -0.05) is 60.7 Å². The number of imidazole rings is 1. The van der Waals surface area contributed by atoms with Crippen LogP contribution in [0.25, 0.3) is 10.8 Å². The van der Waals surface area contributed by atoms with Crippen LogP contribution in [0.15, 0.2) is 91.4 Å². The third-order valence-electron chi connectivity index (χ3n) is 6.29. The molecule has 0 fully saturated rings. The molecule has 1 atom stereocenters. The minimum atomic E-state index is -0.997. The molecule has 2 aromatic heterocycles. The molecule has 0 spiro atoms. The Kier molecular flexibility index (Phi) is 8.03. The highest BCUT2D eigenvalue weighted by atomic mass is 16.5. The molecule has 199 valence electrons. The first kappa shape index (κ1) is 26.5. The van der Waals surface area contributed by atoms with Gasteiger partial charge >= 0.3 is 5.97 Å². The van der Waals surface area contributed by atoms with E-state index in [1.165, 1.54) is 6.33 Å². The normalized spacial score (nSPS) is 11.6. The summed E-state index contributed by atoms with van der Waals surface area (Å²) in [6, 6.07) is 22.6. The van der Waals surface area contributed by atoms with Gasteiger partial charge in [-0.15, -0.1) is 0 Å². The number of H-pyrrole nitrogens is 1. The summed E-state index contributed by atoms with van der Waals surface area (Å²) in [5.74, 6) is -0.842. The maximum Gasteiger partial charge on any atom is 0.341 e. The molecule has 0 unspecified atom stereocenters. The zero-order valence-corrected chi connectivity index (χ0v) is 21.4. The van der Waals surface area contributed by atoms with E-state index < -0.39 is 17.8 Å². The molecule has 5 aromatic rings. The van der Waals surface area contributed by atoms with Crippen LogP contribution >= 0.6 is 0 Å². The van der Waals surface area contributed by atoms with Gasteiger partial charge < -0.3 is 20.2 Å². The first-order valence-electron chi connectivity index (χ1n) is 12.5. The van der Waals surface area contributed by atoms with Gasteiger partial charge in [-0.05, 0) is 29.3 Å². The molecule has 5 rings (SSSR count). The van der Waals surface area contributed by atoms with E-state index in [2.05, 4.69) is 15.0 Å². The number of nitrogens with zero attached hydrogens (tertiary/aromatic N) is 2. The molecule has 0 bridgehead atoms. The molecule has 0 saturated carbocycles. The number of benzene rings is 3. The molecule has 2 heterocycles. The third kappa shape index (κ3) is 5.95. The third-order valence-corrected chi connectivity index (χ3v) is 6.29. The van der Waals surface area contributed by atoms with Gasteiger partial charge in [0.05, 0.1) is 23.6 Å². The van der Waals surface area contributed by atoms with Gasteiger partial charge in [0.2, 0.25) is 0 Å². The highest BCUT2D eigenvalue weighted by Gasteiger charge is 2.27. The van der Waals surface area contributed by atoms with Crippen LogP contribution in [-0.4, -0.2) is 39.0 Å². The van der Waals surface area contributed by atoms with Crippen LogP contribution in [0.1, 0.15) is 43.4 Å². The lowest BCUT2D eigenvalue weighted by atomic mass is 9.96. The molecule has 1 radical (unpaired) electrons. The Bertz CT molecular complexity index is 1640. The summed E-state index contributed by atoms with van der Waals surface area (Å²) in [6.45, 7) is 0.279. The summed E-state index contributed by atoms with van der Waals surface area (Å²) in [5, 5.41) is 0.604. The lowest BCUT2D eigenvalue weighted by Gasteiger charge is -2.16. The van der Waals surface area contributed by atoms with Crippen LogP contribution in [0.2, 0.25) is 0 Å². The summed E-state index contributed by atoms with van der Waals surface area (Å²) >= 11 is 0. The van der Waals surface area contributed by atoms with Crippen LogP contribution in [0.4, 0.5) is 0 Å². The van der Waals surface area contributed by atoms with E-state index in [4.69, 9.17) is 15.2 Å². The minimum absolute atomic E-state index is 0.00699. The standard InChI is InChI=1S/C31H25N4O5/c32-26(13-22-15-33-19-34-22)30(37)29-25-14-23(39-17-20-7-3-1-4-8-20)11-12-24(25)28(27(16-36)35-29)31(38)40-18-21-9-5-2-6-10-21/h1-12,14-15,19,26H,13,17-18,32H2,(H,33,34)/t26-/m0/s1. The number of carbonyl (C=O) groups excluding carboxylic acids is 3. The van der Waals surface area contributed by atoms with Gasteiger partial charge in [0, 0.05) is 23.4 Å². The van der Waals surface area contributed by atoms with E-state index in [1.807, 2.05) is 60.7 Å². The van der Waals surface area contributed by atoms with Crippen molar-refractivity contribution in [3.05, 3.63) is 125 Å². The molecular weight excluding hydrogens is 508 g/mol. The number of aromatic amines is 1. The number of Topliss-reactive ketones (excluding diaryl/α,β-unsaturated/α-hetero) is 1. The van der Waals surface area contributed by atoms with Crippen LogP contribution < -0.4 is 10.5 Å². The molecular formula is C31H25N4O5. The Morgan fingerprint density at radius 2 is 1.62 bits per heavy atom. The molecule has 3 N–H and O–H groups in total. The monoisotopic (exact) mass is 533 g/mol. The van der Waals surface area contributed by atoms with Crippen molar-refractivity contribution in [1.82, 2.24) is 15.0 Å². The lowest BCUT2D eigenvalue weighted by molar-refractivity contribution is 0.0474. The molecule has 0 aliphatic rings. The molecule has 3 aromatic carbocycles. The Morgan fingerprint density at radius 3 is 2.27 bits per heavy atom. The number of carbonyl (C=O) groups is 2. The van der Waals surface area contributed by atoms with Crippen molar-refractivity contribution in [3.63, 3.8) is 0 Å². The van der Waals surface area contributed by atoms with E-state index in [1.54, 1.807) is 30.7 Å². The summed E-state index contributed by atoms with van der Waals surface area (Å²) in [6.07, 6.45) is 4.99. The first-order chi connectivity index (χ1) is 19.5. The van der Waals surface area contributed by atoms with E-state index in [0.717, 1.165) is 11.1 Å². The fourth-order valence-corrected chi connectivity index (χ4v) is 4.28. The predicted octanol–water partition coefficient (Wildman–Crippen LogP) is 4.10. The molecule has 40 heavy (non-hydrogen) atoms. The van der Waals surface area contributed by atoms with Crippen molar-refractivity contribution in [1.29, 1.82) is 0 Å². The van der Waals surface area contributed by atoms with Gasteiger partial charge in [-0.3, -0.25) is 9.59 Å². The number of nitrogens with one attached hydrogen (secondary N) is 1. The van der Waals surface area contributed by atoms with Crippen LogP contribution in [0, 0.1) is 0 Å². The second-order valence-corrected chi connectivity index (χ2v) is 9.06. The zero-order valence-electron chi connectivity index (χ0n) is 21.4. The van der Waals surface area contributed by atoms with Gasteiger partial charge in [0.15, 0.2) is 5.78 Å². The fraction of sp³-hybridized carbons (Fsp3) is 0.129. The van der Waals surface area contributed by atoms with E-state index in [9.17, 15) is 14.4 Å². The number of hydrogen-bond donors (Lipinski definition) is 2. The highest BCUT2D eigenvalue weighted by molar-refractivity contribution is 6.16. The Balaban J connectivity index is 1.54. The average Bonchev–Trinajstić information content (AvgIpc) is 3.51. The van der Waals surface area contributed by atoms with Crippen molar-refractivity contribution < 1.29 is 23.9 Å². The van der Waals surface area contributed by atoms with Gasteiger partial charge in [0.25, 0.3) is 6.29 Å². The van der Waals surface area contributed by atoms with Gasteiger partial charge in [0.1, 0.15) is 30.4 Å². The number of pyridine rings is 1. The van der Waals surface area contributed by atoms with E-state index in [-0.39, 0.29) is 36.6 Å².